The molecule has 6 nitrogen and oxygen atoms in total. The summed E-state index contributed by atoms with van der Waals surface area (Å²) in [5, 5.41) is 2.71. The molecule has 1 aliphatic rings. The van der Waals surface area contributed by atoms with Crippen LogP contribution in [0.2, 0.25) is 0 Å². The first-order valence-electron chi connectivity index (χ1n) is 9.58. The van der Waals surface area contributed by atoms with Gasteiger partial charge >= 0.3 is 0 Å². The van der Waals surface area contributed by atoms with E-state index in [0.717, 1.165) is 12.1 Å². The third kappa shape index (κ3) is 6.15. The molecule has 28 heavy (non-hydrogen) atoms. The first-order chi connectivity index (χ1) is 13.5. The van der Waals surface area contributed by atoms with E-state index in [1.54, 1.807) is 0 Å². The minimum absolute atomic E-state index is 0.0633. The topological polar surface area (TPSA) is 69.7 Å². The zero-order valence-electron chi connectivity index (χ0n) is 16.0. The summed E-state index contributed by atoms with van der Waals surface area (Å²) in [5.74, 6) is -0.222. The molecule has 2 aromatic rings. The van der Waals surface area contributed by atoms with Crippen molar-refractivity contribution >= 4 is 15.9 Å². The number of piperazine rings is 1. The second-order valence-electron chi connectivity index (χ2n) is 6.99. The molecule has 0 radical (unpaired) electrons. The quantitative estimate of drug-likeness (QED) is 0.728. The lowest BCUT2D eigenvalue weighted by molar-refractivity contribution is -0.120. The van der Waals surface area contributed by atoms with Gasteiger partial charge in [0.15, 0.2) is 0 Å². The van der Waals surface area contributed by atoms with E-state index < -0.39 is 10.0 Å². The number of benzene rings is 2. The van der Waals surface area contributed by atoms with Crippen molar-refractivity contribution in [3.05, 3.63) is 71.8 Å². The second kappa shape index (κ2) is 9.82. The fraction of sp³-hybridized carbons (Fsp3) is 0.381. The van der Waals surface area contributed by atoms with Crippen LogP contribution in [0.4, 0.5) is 0 Å². The molecule has 3 rings (SSSR count). The van der Waals surface area contributed by atoms with Crippen LogP contribution in [0.25, 0.3) is 0 Å². The Kier molecular flexibility index (Phi) is 7.19. The third-order valence-electron chi connectivity index (χ3n) is 4.86. The first kappa shape index (κ1) is 20.5. The van der Waals surface area contributed by atoms with E-state index in [2.05, 4.69) is 22.3 Å². The summed E-state index contributed by atoms with van der Waals surface area (Å²) in [5.41, 5.74) is 2.15. The van der Waals surface area contributed by atoms with Gasteiger partial charge in [0.1, 0.15) is 0 Å². The van der Waals surface area contributed by atoms with Gasteiger partial charge in [-0.3, -0.25) is 9.69 Å². The van der Waals surface area contributed by atoms with Gasteiger partial charge in [0.25, 0.3) is 0 Å². The number of hydrogen-bond acceptors (Lipinski definition) is 4. The van der Waals surface area contributed by atoms with Gasteiger partial charge in [-0.1, -0.05) is 60.7 Å². The highest BCUT2D eigenvalue weighted by molar-refractivity contribution is 7.89. The molecule has 1 saturated heterocycles. The van der Waals surface area contributed by atoms with Gasteiger partial charge < -0.3 is 5.32 Å². The van der Waals surface area contributed by atoms with Crippen LogP contribution in [0.15, 0.2) is 60.7 Å². The summed E-state index contributed by atoms with van der Waals surface area (Å²) in [6, 6.07) is 19.6. The number of rotatable bonds is 8. The molecule has 1 N–H and O–H groups in total. The van der Waals surface area contributed by atoms with Crippen molar-refractivity contribution in [3.8, 4) is 0 Å². The molecule has 1 heterocycles. The highest BCUT2D eigenvalue weighted by Gasteiger charge is 2.26. The van der Waals surface area contributed by atoms with E-state index in [1.165, 1.54) is 9.87 Å². The zero-order valence-corrected chi connectivity index (χ0v) is 16.8. The van der Waals surface area contributed by atoms with Crippen molar-refractivity contribution < 1.29 is 13.2 Å². The number of carbonyl (C=O) groups excluding carboxylic acids is 1. The van der Waals surface area contributed by atoms with E-state index in [-0.39, 0.29) is 24.6 Å². The molecule has 0 aliphatic carbocycles. The summed E-state index contributed by atoms with van der Waals surface area (Å²) in [6.45, 7) is 3.39. The largest absolute Gasteiger partial charge is 0.355 e. The lowest BCUT2D eigenvalue weighted by Gasteiger charge is -2.34. The Morgan fingerprint density at radius 3 is 2.04 bits per heavy atom. The van der Waals surface area contributed by atoms with E-state index in [0.29, 0.717) is 26.2 Å². The molecule has 0 bridgehead atoms. The average Bonchev–Trinajstić information content (AvgIpc) is 2.70. The van der Waals surface area contributed by atoms with Crippen molar-refractivity contribution in [1.29, 1.82) is 0 Å². The average molecular weight is 402 g/mol. The lowest BCUT2D eigenvalue weighted by Crippen LogP contribution is -2.49. The van der Waals surface area contributed by atoms with Crippen LogP contribution in [0.1, 0.15) is 11.1 Å². The molecule has 0 saturated carbocycles. The summed E-state index contributed by atoms with van der Waals surface area (Å²) in [4.78, 5) is 14.2. The summed E-state index contributed by atoms with van der Waals surface area (Å²) >= 11 is 0. The van der Waals surface area contributed by atoms with Crippen LogP contribution in [0.3, 0.4) is 0 Å². The molecule has 0 unspecified atom stereocenters. The van der Waals surface area contributed by atoms with Crippen LogP contribution in [0.5, 0.6) is 0 Å². The van der Waals surface area contributed by atoms with Crippen LogP contribution in [-0.4, -0.2) is 62.0 Å². The number of carbonyl (C=O) groups is 1. The van der Waals surface area contributed by atoms with Crippen molar-refractivity contribution in [2.45, 2.75) is 13.0 Å². The molecular formula is C21H27N3O3S. The molecule has 0 atom stereocenters. The lowest BCUT2D eigenvalue weighted by atomic mass is 10.1. The maximum Gasteiger partial charge on any atom is 0.224 e. The highest BCUT2D eigenvalue weighted by atomic mass is 32.2. The molecule has 1 aliphatic heterocycles. The number of nitrogens with zero attached hydrogens (tertiary/aromatic N) is 2. The van der Waals surface area contributed by atoms with Crippen molar-refractivity contribution in [1.82, 2.24) is 14.5 Å². The van der Waals surface area contributed by atoms with Gasteiger partial charge in [0.05, 0.1) is 12.2 Å². The summed E-state index contributed by atoms with van der Waals surface area (Å²) < 4.78 is 26.6. The van der Waals surface area contributed by atoms with E-state index >= 15 is 0 Å². The van der Waals surface area contributed by atoms with Crippen LogP contribution in [-0.2, 0) is 27.8 Å². The minimum Gasteiger partial charge on any atom is -0.355 e. The van der Waals surface area contributed by atoms with E-state index in [1.807, 2.05) is 48.5 Å². The van der Waals surface area contributed by atoms with Crippen LogP contribution in [0, 0.1) is 0 Å². The summed E-state index contributed by atoms with van der Waals surface area (Å²) in [6.07, 6.45) is 0.263. The van der Waals surface area contributed by atoms with Gasteiger partial charge in [-0.05, 0) is 11.1 Å². The fourth-order valence-electron chi connectivity index (χ4n) is 3.30. The predicted octanol–water partition coefficient (Wildman–Crippen LogP) is 1.49. The standard InChI is InChI=1S/C21H27N3O3S/c25-21(17-19-7-3-1-4-8-19)22-11-16-28(26,27)24-14-12-23(13-15-24)18-20-9-5-2-6-10-20/h1-10H,11-18H2,(H,22,25). The van der Waals surface area contributed by atoms with Gasteiger partial charge in [-0.25, -0.2) is 8.42 Å². The second-order valence-corrected chi connectivity index (χ2v) is 9.08. The van der Waals surface area contributed by atoms with Crippen molar-refractivity contribution in [2.75, 3.05) is 38.5 Å². The SMILES string of the molecule is O=C(Cc1ccccc1)NCCS(=O)(=O)N1CCN(Cc2ccccc2)CC1. The molecule has 1 amide bonds. The molecule has 7 heteroatoms. The number of hydrogen-bond donors (Lipinski definition) is 1. The zero-order chi connectivity index (χ0) is 19.8. The smallest absolute Gasteiger partial charge is 0.224 e. The Hall–Kier alpha value is -2.22. The maximum atomic E-state index is 12.5. The van der Waals surface area contributed by atoms with Gasteiger partial charge in [0.2, 0.25) is 15.9 Å². The van der Waals surface area contributed by atoms with Gasteiger partial charge in [-0.2, -0.15) is 4.31 Å². The minimum atomic E-state index is -3.36. The molecule has 0 spiro atoms. The Bertz CT molecular complexity index is 849. The third-order valence-corrected chi connectivity index (χ3v) is 6.74. The van der Waals surface area contributed by atoms with Crippen molar-refractivity contribution in [2.24, 2.45) is 0 Å². The monoisotopic (exact) mass is 401 g/mol. The summed E-state index contributed by atoms with van der Waals surface area (Å²) in [7, 11) is -3.36. The van der Waals surface area contributed by atoms with Crippen LogP contribution < -0.4 is 5.32 Å². The molecule has 150 valence electrons. The molecule has 1 fully saturated rings. The number of amides is 1. The predicted molar refractivity (Wildman–Crippen MR) is 110 cm³/mol. The fourth-order valence-corrected chi connectivity index (χ4v) is 4.64. The van der Waals surface area contributed by atoms with Crippen LogP contribution >= 0.6 is 0 Å². The maximum absolute atomic E-state index is 12.5. The number of sulfonamides is 1. The van der Waals surface area contributed by atoms with Crippen molar-refractivity contribution in [3.63, 3.8) is 0 Å². The van der Waals surface area contributed by atoms with E-state index in [4.69, 9.17) is 0 Å². The van der Waals surface area contributed by atoms with Gasteiger partial charge in [0, 0.05) is 39.3 Å². The Labute approximate surface area is 167 Å². The molecule has 0 aromatic heterocycles. The van der Waals surface area contributed by atoms with Gasteiger partial charge in [-0.15, -0.1) is 0 Å². The Morgan fingerprint density at radius 2 is 1.43 bits per heavy atom. The Balaban J connectivity index is 1.39. The first-order valence-corrected chi connectivity index (χ1v) is 11.2. The highest BCUT2D eigenvalue weighted by Crippen LogP contribution is 2.11. The number of nitrogens with one attached hydrogen (secondary N) is 1. The normalized spacial score (nSPS) is 16.0. The molecule has 2 aromatic carbocycles. The Morgan fingerprint density at radius 1 is 0.857 bits per heavy atom. The molecular weight excluding hydrogens is 374 g/mol. The van der Waals surface area contributed by atoms with E-state index in [9.17, 15) is 13.2 Å².